The molecule has 2 aromatic heterocycles. The summed E-state index contributed by atoms with van der Waals surface area (Å²) in [6, 6.07) is 18.2. The number of aromatic nitrogens is 2. The Bertz CT molecular complexity index is 1340. The zero-order valence-electron chi connectivity index (χ0n) is 17.5. The van der Waals surface area contributed by atoms with E-state index in [2.05, 4.69) is 28.1 Å². The third-order valence-electron chi connectivity index (χ3n) is 5.90. The molecule has 0 bridgehead atoms. The summed E-state index contributed by atoms with van der Waals surface area (Å²) in [5.74, 6) is -1.23. The summed E-state index contributed by atoms with van der Waals surface area (Å²) in [4.78, 5) is 32.2. The highest BCUT2D eigenvalue weighted by Crippen LogP contribution is 2.31. The van der Waals surface area contributed by atoms with Crippen molar-refractivity contribution in [2.24, 2.45) is 0 Å². The maximum Gasteiger partial charge on any atom is 0.341 e. The van der Waals surface area contributed by atoms with Gasteiger partial charge < -0.3 is 14.6 Å². The number of nitrogens with zero attached hydrogens (tertiary/aromatic N) is 3. The van der Waals surface area contributed by atoms with Gasteiger partial charge in [-0.1, -0.05) is 65.9 Å². The predicted octanol–water partition coefficient (Wildman–Crippen LogP) is 4.86. The molecule has 1 fully saturated rings. The largest absolute Gasteiger partial charge is 0.477 e. The van der Waals surface area contributed by atoms with Crippen molar-refractivity contribution in [3.8, 4) is 11.1 Å². The van der Waals surface area contributed by atoms with E-state index in [0.717, 1.165) is 47.8 Å². The topological polar surface area (TPSA) is 75.4 Å². The second-order valence-corrected chi connectivity index (χ2v) is 8.98. The van der Waals surface area contributed by atoms with E-state index >= 15 is 0 Å². The minimum atomic E-state index is -1.23. The molecule has 162 valence electrons. The molecule has 32 heavy (non-hydrogen) atoms. The van der Waals surface area contributed by atoms with Gasteiger partial charge in [0, 0.05) is 25.8 Å². The number of piperidine rings is 1. The molecule has 0 radical (unpaired) electrons. The van der Waals surface area contributed by atoms with Gasteiger partial charge >= 0.3 is 5.97 Å². The van der Waals surface area contributed by atoms with Gasteiger partial charge in [0.25, 0.3) is 0 Å². The van der Waals surface area contributed by atoms with E-state index < -0.39 is 11.4 Å². The van der Waals surface area contributed by atoms with Crippen LogP contribution >= 0.6 is 11.3 Å². The number of hydrogen-bond acceptors (Lipinski definition) is 5. The van der Waals surface area contributed by atoms with Crippen molar-refractivity contribution in [1.82, 2.24) is 9.55 Å². The lowest BCUT2D eigenvalue weighted by Gasteiger charge is -2.25. The summed E-state index contributed by atoms with van der Waals surface area (Å²) in [6.45, 7) is 2.27. The van der Waals surface area contributed by atoms with Crippen molar-refractivity contribution in [3.63, 3.8) is 0 Å². The summed E-state index contributed by atoms with van der Waals surface area (Å²) in [7, 11) is 0. The van der Waals surface area contributed by atoms with Crippen LogP contribution in [0.3, 0.4) is 0 Å². The van der Waals surface area contributed by atoms with Gasteiger partial charge in [-0.2, -0.15) is 0 Å². The van der Waals surface area contributed by atoms with E-state index in [9.17, 15) is 14.7 Å². The molecular formula is C25H23N3O3S. The molecule has 0 atom stereocenters. The molecule has 2 aromatic carbocycles. The highest BCUT2D eigenvalue weighted by atomic mass is 32.1. The van der Waals surface area contributed by atoms with Crippen LogP contribution in [0.2, 0.25) is 0 Å². The first-order valence-electron chi connectivity index (χ1n) is 10.8. The Hall–Kier alpha value is -3.45. The van der Waals surface area contributed by atoms with Gasteiger partial charge in [0.15, 0.2) is 5.13 Å². The smallest absolute Gasteiger partial charge is 0.341 e. The van der Waals surface area contributed by atoms with Gasteiger partial charge in [-0.15, -0.1) is 0 Å². The maximum atomic E-state index is 12.9. The summed E-state index contributed by atoms with van der Waals surface area (Å²) in [5, 5.41) is 10.5. The average molecular weight is 446 g/mol. The molecule has 3 heterocycles. The van der Waals surface area contributed by atoms with Crippen molar-refractivity contribution in [2.75, 3.05) is 18.0 Å². The van der Waals surface area contributed by atoms with Gasteiger partial charge in [0.2, 0.25) is 5.43 Å². The number of carboxylic acid groups (broad SMARTS) is 1. The van der Waals surface area contributed by atoms with Crippen LogP contribution in [-0.2, 0) is 6.54 Å². The molecule has 6 nitrogen and oxygen atoms in total. The van der Waals surface area contributed by atoms with Crippen LogP contribution in [0.5, 0.6) is 0 Å². The van der Waals surface area contributed by atoms with Crippen molar-refractivity contribution in [1.29, 1.82) is 0 Å². The van der Waals surface area contributed by atoms with Crippen LogP contribution < -0.4 is 10.3 Å². The van der Waals surface area contributed by atoms with E-state index in [0.29, 0.717) is 11.4 Å². The molecule has 0 amide bonds. The molecule has 7 heteroatoms. The van der Waals surface area contributed by atoms with Crippen LogP contribution in [0.4, 0.5) is 5.13 Å². The van der Waals surface area contributed by atoms with Crippen LogP contribution in [0.15, 0.2) is 65.6 Å². The number of rotatable bonds is 5. The Morgan fingerprint density at radius 3 is 2.47 bits per heavy atom. The van der Waals surface area contributed by atoms with Crippen molar-refractivity contribution >= 4 is 32.8 Å². The lowest BCUT2D eigenvalue weighted by molar-refractivity contribution is 0.0695. The van der Waals surface area contributed by atoms with Gasteiger partial charge in [0.05, 0.1) is 0 Å². The number of thiazole rings is 1. The first-order chi connectivity index (χ1) is 15.6. The standard InChI is InChI=1S/C25H23N3O3S/c29-22-20(24(30)31)16-28(23-21(22)26-25(32-23)27-13-7-2-8-14-27)15-18-11-5-6-12-19(18)17-9-3-1-4-10-17/h1,3-6,9-12,16H,2,7-8,13-15H2,(H,30,31). The van der Waals surface area contributed by atoms with E-state index in [1.54, 1.807) is 0 Å². The summed E-state index contributed by atoms with van der Waals surface area (Å²) in [6.07, 6.45) is 4.87. The second kappa shape index (κ2) is 8.59. The monoisotopic (exact) mass is 445 g/mol. The first-order valence-corrected chi connectivity index (χ1v) is 11.6. The molecule has 5 rings (SSSR count). The third-order valence-corrected chi connectivity index (χ3v) is 7.06. The number of pyridine rings is 1. The van der Waals surface area contributed by atoms with Crippen molar-refractivity contribution in [2.45, 2.75) is 25.8 Å². The Labute approximate surface area is 189 Å². The van der Waals surface area contributed by atoms with Crippen LogP contribution in [-0.4, -0.2) is 33.7 Å². The minimum absolute atomic E-state index is 0.243. The highest BCUT2D eigenvalue weighted by molar-refractivity contribution is 7.21. The van der Waals surface area contributed by atoms with Gasteiger partial charge in [-0.3, -0.25) is 4.79 Å². The number of carboxylic acids is 1. The Kier molecular flexibility index (Phi) is 5.49. The SMILES string of the molecule is O=C(O)c1cn(Cc2ccccc2-c2ccccc2)c2sc(N3CCCCC3)nc2c1=O. The molecule has 0 aliphatic carbocycles. The lowest BCUT2D eigenvalue weighted by atomic mass is 9.99. The fraction of sp³-hybridized carbons (Fsp3) is 0.240. The molecule has 1 aliphatic heterocycles. The number of fused-ring (bicyclic) bond motifs is 1. The number of anilines is 1. The molecule has 1 aliphatic rings. The second-order valence-electron chi connectivity index (χ2n) is 8.03. The average Bonchev–Trinajstić information content (AvgIpc) is 3.29. The maximum absolute atomic E-state index is 12.9. The van der Waals surface area contributed by atoms with Crippen molar-refractivity contribution in [3.05, 3.63) is 82.1 Å². The molecule has 0 saturated carbocycles. The number of carbonyl (C=O) groups is 1. The number of hydrogen-bond donors (Lipinski definition) is 1. The summed E-state index contributed by atoms with van der Waals surface area (Å²) in [5.41, 5.74) is 2.71. The Morgan fingerprint density at radius 2 is 1.72 bits per heavy atom. The fourth-order valence-electron chi connectivity index (χ4n) is 4.28. The van der Waals surface area contributed by atoms with Crippen LogP contribution in [0, 0.1) is 0 Å². The molecule has 0 unspecified atom stereocenters. The normalized spacial score (nSPS) is 14.1. The molecule has 1 N–H and O–H groups in total. The molecule has 4 aromatic rings. The zero-order chi connectivity index (χ0) is 22.1. The highest BCUT2D eigenvalue weighted by Gasteiger charge is 2.22. The van der Waals surface area contributed by atoms with Gasteiger partial charge in [-0.25, -0.2) is 9.78 Å². The van der Waals surface area contributed by atoms with Crippen LogP contribution in [0.25, 0.3) is 21.5 Å². The third kappa shape index (κ3) is 3.80. The fourth-order valence-corrected chi connectivity index (χ4v) is 5.37. The summed E-state index contributed by atoms with van der Waals surface area (Å²) >= 11 is 1.47. The van der Waals surface area contributed by atoms with Gasteiger partial charge in [-0.05, 0) is 36.0 Å². The first kappa shape index (κ1) is 20.5. The van der Waals surface area contributed by atoms with Crippen LogP contribution in [0.1, 0.15) is 35.2 Å². The Morgan fingerprint density at radius 1 is 1.00 bits per heavy atom. The summed E-state index contributed by atoms with van der Waals surface area (Å²) < 4.78 is 1.87. The van der Waals surface area contributed by atoms with E-state index in [-0.39, 0.29) is 11.1 Å². The lowest BCUT2D eigenvalue weighted by Crippen LogP contribution is -2.29. The van der Waals surface area contributed by atoms with E-state index in [1.165, 1.54) is 24.0 Å². The van der Waals surface area contributed by atoms with E-state index in [4.69, 9.17) is 0 Å². The van der Waals surface area contributed by atoms with Crippen molar-refractivity contribution < 1.29 is 9.90 Å². The quantitative estimate of drug-likeness (QED) is 0.475. The molecular weight excluding hydrogens is 422 g/mol. The number of aromatic carboxylic acids is 1. The molecule has 0 spiro atoms. The Balaban J connectivity index is 1.64. The minimum Gasteiger partial charge on any atom is -0.477 e. The van der Waals surface area contributed by atoms with Gasteiger partial charge in [0.1, 0.15) is 15.9 Å². The molecule has 1 saturated heterocycles. The number of benzene rings is 2. The van der Waals surface area contributed by atoms with E-state index in [1.807, 2.05) is 41.0 Å². The predicted molar refractivity (Wildman–Crippen MR) is 128 cm³/mol. The zero-order valence-corrected chi connectivity index (χ0v) is 18.3.